The van der Waals surface area contributed by atoms with Crippen molar-refractivity contribution in [3.8, 4) is 0 Å². The molecular weight excluding hydrogens is 843 g/mol. The van der Waals surface area contributed by atoms with Gasteiger partial charge in [-0.25, -0.2) is 28.6 Å². The zero-order chi connectivity index (χ0) is 42.2. The number of fused-ring (bicyclic) bond motifs is 1. The van der Waals surface area contributed by atoms with Gasteiger partial charge < -0.3 is 56.0 Å². The summed E-state index contributed by atoms with van der Waals surface area (Å²) < 4.78 is 61.8. The van der Waals surface area contributed by atoms with E-state index in [1.807, 2.05) is 0 Å². The number of thioether (sulfide) groups is 1. The standard InChI is InChI=1S/C25H38N7O20P3S/c1-25(2,19(38)22(39)28-4-3-14(34)27-5-6-56-24(40)12(33)7-15(35)36)9-49-55(46,47)52-54(44,45)48-8-13-18(51-53(41,42)43)17(37)23(50-13)32-11-31-16-20(26)29-10-30-21(16)32/h10-11,13,17-19,23,37-38H,3-9H2,1-2H3,(H,27,34)(H,28,39)(H,35,36)(H,44,45)(H,46,47)(H2,26,29,30)(H2,41,42,43). The fourth-order valence-corrected chi connectivity index (χ4v) is 8.02. The average molecular weight is 882 g/mol. The molecule has 31 heteroatoms. The number of aromatic nitrogens is 4. The number of ketones is 1. The van der Waals surface area contributed by atoms with Gasteiger partial charge in [0, 0.05) is 30.7 Å². The smallest absolute Gasteiger partial charge is 0.481 e. The molecule has 27 nitrogen and oxygen atoms in total. The van der Waals surface area contributed by atoms with Gasteiger partial charge in [0.15, 0.2) is 17.7 Å². The monoisotopic (exact) mass is 881 g/mol. The lowest BCUT2D eigenvalue weighted by Crippen LogP contribution is -2.46. The quantitative estimate of drug-likeness (QED) is 0.0257. The van der Waals surface area contributed by atoms with E-state index in [0.717, 1.165) is 17.2 Å². The molecule has 56 heavy (non-hydrogen) atoms. The van der Waals surface area contributed by atoms with Crippen LogP contribution in [0.4, 0.5) is 5.82 Å². The number of hydrogen-bond donors (Lipinski definition) is 10. The minimum Gasteiger partial charge on any atom is -0.481 e. The van der Waals surface area contributed by atoms with Crippen LogP contribution >= 0.6 is 35.2 Å². The van der Waals surface area contributed by atoms with Crippen LogP contribution in [-0.4, -0.2) is 140 Å². The molecule has 0 bridgehead atoms. The van der Waals surface area contributed by atoms with Crippen molar-refractivity contribution >= 4 is 80.9 Å². The number of amides is 2. The number of nitrogen functional groups attached to an aromatic ring is 1. The number of Topliss-reactive ketones (excluding diaryl/α,β-unsaturated/α-hetero) is 1. The van der Waals surface area contributed by atoms with Gasteiger partial charge in [0.05, 0.1) is 19.5 Å². The number of aliphatic carboxylic acids is 1. The first-order valence-electron chi connectivity index (χ1n) is 15.6. The summed E-state index contributed by atoms with van der Waals surface area (Å²) in [6.07, 6.45) is -8.21. The maximum Gasteiger partial charge on any atom is 0.481 e. The summed E-state index contributed by atoms with van der Waals surface area (Å²) in [6.45, 7) is -0.0879. The molecule has 0 aromatic carbocycles. The van der Waals surface area contributed by atoms with E-state index in [1.165, 1.54) is 13.8 Å². The number of phosphoric acid groups is 3. The highest BCUT2D eigenvalue weighted by atomic mass is 32.2. The molecule has 7 unspecified atom stereocenters. The second kappa shape index (κ2) is 19.4. The predicted octanol–water partition coefficient (Wildman–Crippen LogP) is -2.29. The number of anilines is 1. The predicted molar refractivity (Wildman–Crippen MR) is 184 cm³/mol. The maximum absolute atomic E-state index is 12.6. The van der Waals surface area contributed by atoms with Gasteiger partial charge in [-0.2, -0.15) is 4.31 Å². The Morgan fingerprint density at radius 1 is 1.04 bits per heavy atom. The summed E-state index contributed by atoms with van der Waals surface area (Å²) in [5, 5.41) is 33.5. The Balaban J connectivity index is 1.49. The number of imidazole rings is 1. The second-order valence-corrected chi connectivity index (χ2v) is 17.5. The number of carboxylic acids is 1. The van der Waals surface area contributed by atoms with Gasteiger partial charge in [-0.1, -0.05) is 25.6 Å². The summed E-state index contributed by atoms with van der Waals surface area (Å²) in [4.78, 5) is 109. The van der Waals surface area contributed by atoms with Crippen molar-refractivity contribution in [3.05, 3.63) is 12.7 Å². The summed E-state index contributed by atoms with van der Waals surface area (Å²) >= 11 is 0.507. The number of hydrogen-bond acceptors (Lipinski definition) is 20. The normalized spacial score (nSPS) is 21.5. The third-order valence-corrected chi connectivity index (χ3v) is 11.3. The van der Waals surface area contributed by atoms with E-state index >= 15 is 0 Å². The summed E-state index contributed by atoms with van der Waals surface area (Å²) in [5.74, 6) is -4.34. The number of nitrogens with one attached hydrogen (secondary N) is 2. The van der Waals surface area contributed by atoms with Crippen molar-refractivity contribution in [2.75, 3.05) is 37.8 Å². The third kappa shape index (κ3) is 14.0. The molecule has 1 saturated heterocycles. The first-order chi connectivity index (χ1) is 25.8. The summed E-state index contributed by atoms with van der Waals surface area (Å²) in [6, 6.07) is 0. The number of carbonyl (C=O) groups is 5. The lowest BCUT2D eigenvalue weighted by molar-refractivity contribution is -0.142. The minimum absolute atomic E-state index is 0.0115. The molecule has 1 aliphatic rings. The molecule has 7 atom stereocenters. The van der Waals surface area contributed by atoms with Gasteiger partial charge >= 0.3 is 29.4 Å². The van der Waals surface area contributed by atoms with Crippen LogP contribution in [0.5, 0.6) is 0 Å². The van der Waals surface area contributed by atoms with E-state index in [-0.39, 0.29) is 42.2 Å². The maximum atomic E-state index is 12.6. The van der Waals surface area contributed by atoms with Crippen LogP contribution in [0.3, 0.4) is 0 Å². The number of carboxylic acid groups (broad SMARTS) is 1. The lowest BCUT2D eigenvalue weighted by Gasteiger charge is -2.30. The SMILES string of the molecule is CC(C)(COP(=O)(O)OP(=O)(O)OCC1OC(n2cnc3c(N)ncnc32)C(O)C1OP(=O)(O)O)C(O)C(=O)NCCC(=O)NCCSC(=O)C(=O)CC(=O)O. The number of nitrogens with zero attached hydrogens (tertiary/aromatic N) is 4. The fourth-order valence-electron chi connectivity index (χ4n) is 4.56. The highest BCUT2D eigenvalue weighted by Gasteiger charge is 2.50. The van der Waals surface area contributed by atoms with Crippen molar-refractivity contribution in [2.24, 2.45) is 5.41 Å². The molecule has 11 N–H and O–H groups in total. The minimum atomic E-state index is -5.60. The van der Waals surface area contributed by atoms with Crippen LogP contribution < -0.4 is 16.4 Å². The van der Waals surface area contributed by atoms with Crippen LogP contribution in [0.1, 0.15) is 32.9 Å². The number of nitrogens with two attached hydrogens (primary N) is 1. The largest absolute Gasteiger partial charge is 0.481 e. The molecular formula is C25H38N7O20P3S. The van der Waals surface area contributed by atoms with Gasteiger partial charge in [0.1, 0.15) is 42.7 Å². The van der Waals surface area contributed by atoms with Crippen molar-refractivity contribution < 1.29 is 95.2 Å². The van der Waals surface area contributed by atoms with E-state index in [0.29, 0.717) is 11.8 Å². The Morgan fingerprint density at radius 2 is 1.70 bits per heavy atom. The Labute approximate surface area is 319 Å². The molecule has 2 aromatic rings. The molecule has 314 valence electrons. The van der Waals surface area contributed by atoms with E-state index < -0.39 is 108 Å². The van der Waals surface area contributed by atoms with Crippen LogP contribution in [-0.2, 0) is 60.3 Å². The molecule has 3 heterocycles. The molecule has 2 amide bonds. The number of aliphatic hydroxyl groups is 2. The number of ether oxygens (including phenoxy) is 1. The Bertz CT molecular complexity index is 1930. The molecule has 1 aliphatic heterocycles. The van der Waals surface area contributed by atoms with Gasteiger partial charge in [-0.3, -0.25) is 42.1 Å². The molecule has 0 spiro atoms. The van der Waals surface area contributed by atoms with Crippen LogP contribution in [0, 0.1) is 5.41 Å². The molecule has 1 fully saturated rings. The molecule has 0 aliphatic carbocycles. The average Bonchev–Trinajstić information content (AvgIpc) is 3.64. The highest BCUT2D eigenvalue weighted by Crippen LogP contribution is 2.61. The summed E-state index contributed by atoms with van der Waals surface area (Å²) in [5.41, 5.74) is 4.15. The number of rotatable bonds is 22. The number of aliphatic hydroxyl groups excluding tert-OH is 2. The topological polar surface area (TPSA) is 418 Å². The first-order valence-corrected chi connectivity index (χ1v) is 21.1. The summed E-state index contributed by atoms with van der Waals surface area (Å²) in [7, 11) is -16.5. The van der Waals surface area contributed by atoms with Crippen molar-refractivity contribution in [1.29, 1.82) is 0 Å². The van der Waals surface area contributed by atoms with E-state index in [9.17, 15) is 67.5 Å². The van der Waals surface area contributed by atoms with Crippen LogP contribution in [0.2, 0.25) is 0 Å². The van der Waals surface area contributed by atoms with E-state index in [2.05, 4.69) is 34.4 Å². The van der Waals surface area contributed by atoms with E-state index in [4.69, 9.17) is 24.6 Å². The highest BCUT2D eigenvalue weighted by molar-refractivity contribution is 8.15. The number of carbonyl (C=O) groups excluding carboxylic acids is 4. The van der Waals surface area contributed by atoms with Crippen LogP contribution in [0.15, 0.2) is 12.7 Å². The van der Waals surface area contributed by atoms with Gasteiger partial charge in [0.2, 0.25) is 17.6 Å². The zero-order valence-corrected chi connectivity index (χ0v) is 32.5. The first kappa shape index (κ1) is 47.1. The number of phosphoric ester groups is 3. The van der Waals surface area contributed by atoms with Crippen LogP contribution in [0.25, 0.3) is 11.2 Å². The molecule has 0 saturated carbocycles. The molecule has 0 radical (unpaired) electrons. The fraction of sp³-hybridized carbons (Fsp3) is 0.600. The van der Waals surface area contributed by atoms with Crippen molar-refractivity contribution in [1.82, 2.24) is 30.2 Å². The van der Waals surface area contributed by atoms with Crippen molar-refractivity contribution in [2.45, 2.75) is 57.3 Å². The Morgan fingerprint density at radius 3 is 2.34 bits per heavy atom. The zero-order valence-electron chi connectivity index (χ0n) is 29.0. The third-order valence-electron chi connectivity index (χ3n) is 7.27. The molecule has 2 aromatic heterocycles. The Hall–Kier alpha value is -3.30. The second-order valence-electron chi connectivity index (χ2n) is 12.2. The Kier molecular flexibility index (Phi) is 16.3. The van der Waals surface area contributed by atoms with E-state index in [1.54, 1.807) is 0 Å². The van der Waals surface area contributed by atoms with Gasteiger partial charge in [0.25, 0.3) is 5.12 Å². The lowest BCUT2D eigenvalue weighted by atomic mass is 9.87. The van der Waals surface area contributed by atoms with Gasteiger partial charge in [-0.05, 0) is 0 Å². The van der Waals surface area contributed by atoms with Gasteiger partial charge in [-0.15, -0.1) is 0 Å². The molecule has 3 rings (SSSR count). The van der Waals surface area contributed by atoms with Crippen molar-refractivity contribution in [3.63, 3.8) is 0 Å².